The number of hydrogen-bond acceptors (Lipinski definition) is 6. The van der Waals surface area contributed by atoms with Crippen molar-refractivity contribution in [2.75, 3.05) is 11.1 Å². The van der Waals surface area contributed by atoms with E-state index in [2.05, 4.69) is 25.3 Å². The Morgan fingerprint density at radius 1 is 1.00 bits per heavy atom. The predicted octanol–water partition coefficient (Wildman–Crippen LogP) is 3.57. The second-order valence-corrected chi connectivity index (χ2v) is 6.12. The first-order chi connectivity index (χ1) is 13.1. The van der Waals surface area contributed by atoms with Crippen LogP contribution in [0.25, 0.3) is 22.2 Å². The Labute approximate surface area is 159 Å². The second kappa shape index (κ2) is 6.97. The zero-order valence-electron chi connectivity index (χ0n) is 13.9. The molecule has 4 aromatic rings. The quantitative estimate of drug-likeness (QED) is 0.566. The molecule has 0 fully saturated rings. The molecule has 0 atom stereocenters. The van der Waals surface area contributed by atoms with Crippen LogP contribution in [0.4, 0.5) is 11.9 Å². The largest absolute Gasteiger partial charge is 0.368 e. The highest BCUT2D eigenvalue weighted by Gasteiger charge is 2.14. The smallest absolute Gasteiger partial charge is 0.259 e. The van der Waals surface area contributed by atoms with Crippen molar-refractivity contribution in [3.8, 4) is 11.4 Å². The fraction of sp³-hybridized carbons (Fsp3) is 0. The van der Waals surface area contributed by atoms with Crippen LogP contribution in [0.15, 0.2) is 60.9 Å². The lowest BCUT2D eigenvalue weighted by molar-refractivity contribution is 0.102. The Morgan fingerprint density at radius 3 is 2.52 bits per heavy atom. The molecule has 8 heteroatoms. The molecule has 0 spiro atoms. The number of carbonyl (C=O) groups is 1. The van der Waals surface area contributed by atoms with E-state index in [-0.39, 0.29) is 17.7 Å². The number of rotatable bonds is 3. The number of fused-ring (bicyclic) bond motifs is 1. The fourth-order valence-electron chi connectivity index (χ4n) is 2.62. The molecule has 4 rings (SSSR count). The molecule has 0 aliphatic heterocycles. The Bertz CT molecular complexity index is 1150. The van der Waals surface area contributed by atoms with Gasteiger partial charge in [-0.1, -0.05) is 35.9 Å². The topological polar surface area (TPSA) is 107 Å². The van der Waals surface area contributed by atoms with Gasteiger partial charge >= 0.3 is 0 Å². The number of hydrogen-bond donors (Lipinski definition) is 2. The number of pyridine rings is 1. The standard InChI is InChI=1S/C19H13ClN6O/c20-15-9-12-5-2-1-4-11(12)8-14(15)16-23-18(21)26-19(24-16)25-17(27)13-6-3-7-22-10-13/h1-10H,(H3,21,23,24,25,26,27). The van der Waals surface area contributed by atoms with Gasteiger partial charge in [0.1, 0.15) is 0 Å². The fourth-order valence-corrected chi connectivity index (χ4v) is 2.88. The first-order valence-electron chi connectivity index (χ1n) is 8.02. The average Bonchev–Trinajstić information content (AvgIpc) is 2.67. The van der Waals surface area contributed by atoms with Gasteiger partial charge in [0.2, 0.25) is 11.9 Å². The van der Waals surface area contributed by atoms with Crippen molar-refractivity contribution in [3.63, 3.8) is 0 Å². The van der Waals surface area contributed by atoms with Crippen molar-refractivity contribution < 1.29 is 4.79 Å². The zero-order chi connectivity index (χ0) is 18.8. The summed E-state index contributed by atoms with van der Waals surface area (Å²) in [7, 11) is 0. The predicted molar refractivity (Wildman–Crippen MR) is 104 cm³/mol. The number of benzene rings is 2. The van der Waals surface area contributed by atoms with Crippen LogP contribution in [0, 0.1) is 0 Å². The van der Waals surface area contributed by atoms with E-state index in [0.717, 1.165) is 10.8 Å². The van der Waals surface area contributed by atoms with Crippen LogP contribution in [-0.2, 0) is 0 Å². The molecule has 7 nitrogen and oxygen atoms in total. The molecule has 0 saturated carbocycles. The van der Waals surface area contributed by atoms with E-state index in [0.29, 0.717) is 16.1 Å². The molecule has 0 unspecified atom stereocenters. The van der Waals surface area contributed by atoms with E-state index in [9.17, 15) is 4.79 Å². The number of nitrogens with zero attached hydrogens (tertiary/aromatic N) is 4. The highest BCUT2D eigenvalue weighted by atomic mass is 35.5. The lowest BCUT2D eigenvalue weighted by atomic mass is 10.1. The summed E-state index contributed by atoms with van der Waals surface area (Å²) in [6.45, 7) is 0. The van der Waals surface area contributed by atoms with Crippen LogP contribution in [0.3, 0.4) is 0 Å². The van der Waals surface area contributed by atoms with Gasteiger partial charge in [-0.15, -0.1) is 0 Å². The highest BCUT2D eigenvalue weighted by molar-refractivity contribution is 6.34. The summed E-state index contributed by atoms with van der Waals surface area (Å²) >= 11 is 6.41. The molecule has 0 aliphatic carbocycles. The second-order valence-electron chi connectivity index (χ2n) is 5.72. The Balaban J connectivity index is 1.73. The molecule has 2 aromatic heterocycles. The van der Waals surface area contributed by atoms with E-state index >= 15 is 0 Å². The molecule has 2 heterocycles. The van der Waals surface area contributed by atoms with Crippen molar-refractivity contribution in [1.82, 2.24) is 19.9 Å². The third-order valence-corrected chi connectivity index (χ3v) is 4.19. The third kappa shape index (κ3) is 3.54. The summed E-state index contributed by atoms with van der Waals surface area (Å²) < 4.78 is 0. The van der Waals surface area contributed by atoms with E-state index in [1.165, 1.54) is 6.20 Å². The molecule has 0 radical (unpaired) electrons. The molecule has 27 heavy (non-hydrogen) atoms. The normalized spacial score (nSPS) is 10.7. The van der Waals surface area contributed by atoms with Crippen LogP contribution in [0.2, 0.25) is 5.02 Å². The number of nitrogen functional groups attached to an aromatic ring is 1. The third-order valence-electron chi connectivity index (χ3n) is 3.88. The monoisotopic (exact) mass is 376 g/mol. The summed E-state index contributed by atoms with van der Waals surface area (Å²) in [5.74, 6) is -0.106. The number of nitrogens with two attached hydrogens (primary N) is 1. The summed E-state index contributed by atoms with van der Waals surface area (Å²) in [5.41, 5.74) is 6.78. The number of anilines is 2. The van der Waals surface area contributed by atoms with Gasteiger partial charge in [0.15, 0.2) is 5.82 Å². The van der Waals surface area contributed by atoms with Gasteiger partial charge < -0.3 is 5.73 Å². The van der Waals surface area contributed by atoms with Gasteiger partial charge in [0, 0.05) is 18.0 Å². The SMILES string of the molecule is Nc1nc(NC(=O)c2cccnc2)nc(-c2cc3ccccc3cc2Cl)n1. The van der Waals surface area contributed by atoms with Crippen molar-refractivity contribution in [1.29, 1.82) is 0 Å². The van der Waals surface area contributed by atoms with Crippen molar-refractivity contribution >= 4 is 40.2 Å². The molecule has 1 amide bonds. The van der Waals surface area contributed by atoms with Crippen LogP contribution < -0.4 is 11.1 Å². The van der Waals surface area contributed by atoms with E-state index in [1.54, 1.807) is 18.3 Å². The van der Waals surface area contributed by atoms with Gasteiger partial charge in [-0.25, -0.2) is 0 Å². The van der Waals surface area contributed by atoms with Gasteiger partial charge in [-0.05, 0) is 35.0 Å². The minimum absolute atomic E-state index is 0.0225. The molecular formula is C19H13ClN6O. The van der Waals surface area contributed by atoms with Crippen molar-refractivity contribution in [3.05, 3.63) is 71.5 Å². The number of aromatic nitrogens is 4. The molecule has 132 valence electrons. The molecular weight excluding hydrogens is 364 g/mol. The number of nitrogens with one attached hydrogen (secondary N) is 1. The first-order valence-corrected chi connectivity index (χ1v) is 8.39. The van der Waals surface area contributed by atoms with Crippen LogP contribution in [0.1, 0.15) is 10.4 Å². The minimum Gasteiger partial charge on any atom is -0.368 e. The van der Waals surface area contributed by atoms with E-state index in [4.69, 9.17) is 17.3 Å². The maximum Gasteiger partial charge on any atom is 0.259 e. The summed E-state index contributed by atoms with van der Waals surface area (Å²) in [5, 5.41) is 5.06. The van der Waals surface area contributed by atoms with E-state index < -0.39 is 5.91 Å². The Kier molecular flexibility index (Phi) is 4.35. The maximum atomic E-state index is 12.3. The molecule has 0 saturated heterocycles. The van der Waals surface area contributed by atoms with Crippen molar-refractivity contribution in [2.24, 2.45) is 0 Å². The average molecular weight is 377 g/mol. The van der Waals surface area contributed by atoms with Crippen LogP contribution in [0.5, 0.6) is 0 Å². The number of amides is 1. The number of carbonyl (C=O) groups excluding carboxylic acids is 1. The molecule has 0 aliphatic rings. The van der Waals surface area contributed by atoms with Crippen LogP contribution in [-0.4, -0.2) is 25.8 Å². The number of halogens is 1. The summed E-state index contributed by atoms with van der Waals surface area (Å²) in [6, 6.07) is 14.8. The van der Waals surface area contributed by atoms with Gasteiger partial charge in [0.25, 0.3) is 5.91 Å². The van der Waals surface area contributed by atoms with Gasteiger partial charge in [-0.3, -0.25) is 15.1 Å². The van der Waals surface area contributed by atoms with Gasteiger partial charge in [0.05, 0.1) is 10.6 Å². The lowest BCUT2D eigenvalue weighted by Gasteiger charge is -2.09. The molecule has 2 aromatic carbocycles. The Hall–Kier alpha value is -3.58. The van der Waals surface area contributed by atoms with Crippen LogP contribution >= 0.6 is 11.6 Å². The first kappa shape index (κ1) is 16.9. The summed E-state index contributed by atoms with van der Waals surface area (Å²) in [6.07, 6.45) is 3.03. The minimum atomic E-state index is -0.399. The van der Waals surface area contributed by atoms with E-state index in [1.807, 2.05) is 36.4 Å². The maximum absolute atomic E-state index is 12.3. The molecule has 3 N–H and O–H groups in total. The lowest BCUT2D eigenvalue weighted by Crippen LogP contribution is -2.16. The van der Waals surface area contributed by atoms with Crippen molar-refractivity contribution in [2.45, 2.75) is 0 Å². The highest BCUT2D eigenvalue weighted by Crippen LogP contribution is 2.30. The summed E-state index contributed by atoms with van der Waals surface area (Å²) in [4.78, 5) is 28.6. The van der Waals surface area contributed by atoms with Gasteiger partial charge in [-0.2, -0.15) is 15.0 Å². The Morgan fingerprint density at radius 2 is 1.78 bits per heavy atom. The molecule has 0 bridgehead atoms. The zero-order valence-corrected chi connectivity index (χ0v) is 14.7.